The predicted octanol–water partition coefficient (Wildman–Crippen LogP) is 0.101. The number of primary amides is 1. The summed E-state index contributed by atoms with van der Waals surface area (Å²) in [6.45, 7) is -0.272. The van der Waals surface area contributed by atoms with E-state index in [-0.39, 0.29) is 19.7 Å². The van der Waals surface area contributed by atoms with E-state index in [2.05, 4.69) is 5.23 Å². The molecule has 0 radical (unpaired) electrons. The smallest absolute Gasteiger partial charge is 0.319 e. The fourth-order valence-electron chi connectivity index (χ4n) is 2.44. The maximum Gasteiger partial charge on any atom is 0.319 e. The van der Waals surface area contributed by atoms with Crippen molar-refractivity contribution in [3.63, 3.8) is 0 Å². The van der Waals surface area contributed by atoms with E-state index >= 15 is 0 Å². The summed E-state index contributed by atoms with van der Waals surface area (Å²) in [6, 6.07) is 18.4. The van der Waals surface area contributed by atoms with Gasteiger partial charge in [-0.1, -0.05) is 71.6 Å². The van der Waals surface area contributed by atoms with Crippen molar-refractivity contribution in [3.05, 3.63) is 60.7 Å². The maximum atomic E-state index is 11.5. The highest BCUT2D eigenvalue weighted by molar-refractivity contribution is 6.83. The molecule has 0 aliphatic rings. The van der Waals surface area contributed by atoms with E-state index in [1.165, 1.54) is 0 Å². The molecule has 1 amide bonds. The van der Waals surface area contributed by atoms with E-state index in [1.807, 2.05) is 60.7 Å². The molecule has 0 aliphatic heterocycles. The quantitative estimate of drug-likeness (QED) is 0.603. The lowest BCUT2D eigenvalue weighted by molar-refractivity contribution is -0.139. The molecule has 118 valence electrons. The molecule has 2 aromatic carbocycles. The van der Waals surface area contributed by atoms with Gasteiger partial charge in [-0.25, -0.2) is 0 Å². The number of carboxylic acids is 1. The summed E-state index contributed by atoms with van der Waals surface area (Å²) in [4.78, 5) is 22.4. The van der Waals surface area contributed by atoms with Crippen molar-refractivity contribution in [2.24, 2.45) is 5.73 Å². The molecule has 0 aromatic heterocycles. The monoisotopic (exact) mass is 310 g/mol. The number of amides is 1. The minimum Gasteiger partial charge on any atom is -0.480 e. The number of carboxylic acid groups (broad SMARTS) is 1. The molecule has 0 fully saturated rings. The number of nitrogens with two attached hydrogens (primary N) is 1. The number of benzene rings is 2. The summed E-state index contributed by atoms with van der Waals surface area (Å²) in [5.74, 6) is -1.50. The molecule has 0 bridgehead atoms. The van der Waals surface area contributed by atoms with Gasteiger partial charge in [-0.05, 0) is 6.42 Å². The molecule has 0 spiro atoms. The van der Waals surface area contributed by atoms with Gasteiger partial charge in [-0.2, -0.15) is 0 Å². The predicted molar refractivity (Wildman–Crippen MR) is 90.9 cm³/mol. The van der Waals surface area contributed by atoms with Crippen LogP contribution in [0.1, 0.15) is 12.8 Å². The summed E-state index contributed by atoms with van der Waals surface area (Å²) in [7, 11) is 0. The third-order valence-electron chi connectivity index (χ3n) is 3.61. The van der Waals surface area contributed by atoms with Gasteiger partial charge < -0.3 is 16.1 Å². The molecular formula is C17H19BN2O3. The molecule has 6 heteroatoms. The van der Waals surface area contributed by atoms with Gasteiger partial charge in [0.2, 0.25) is 5.91 Å². The van der Waals surface area contributed by atoms with Crippen LogP contribution in [-0.4, -0.2) is 29.9 Å². The van der Waals surface area contributed by atoms with Crippen LogP contribution in [-0.2, 0) is 9.59 Å². The Morgan fingerprint density at radius 2 is 1.48 bits per heavy atom. The highest BCUT2D eigenvalue weighted by Gasteiger charge is 2.27. The van der Waals surface area contributed by atoms with E-state index in [0.29, 0.717) is 0 Å². The van der Waals surface area contributed by atoms with Crippen LogP contribution in [0.2, 0.25) is 0 Å². The van der Waals surface area contributed by atoms with E-state index in [4.69, 9.17) is 5.73 Å². The third kappa shape index (κ3) is 4.97. The van der Waals surface area contributed by atoms with Gasteiger partial charge in [0.1, 0.15) is 0 Å². The molecule has 2 rings (SSSR count). The minimum atomic E-state index is -0.997. The Morgan fingerprint density at radius 1 is 1.00 bits per heavy atom. The van der Waals surface area contributed by atoms with E-state index in [0.717, 1.165) is 10.9 Å². The average molecular weight is 310 g/mol. The number of carbonyl (C=O) groups excluding carboxylic acids is 1. The SMILES string of the molecule is NC(=O)CC[C@H](NB(c1ccccc1)c1ccccc1)C(=O)O. The van der Waals surface area contributed by atoms with Crippen LogP contribution >= 0.6 is 0 Å². The van der Waals surface area contributed by atoms with Crippen molar-refractivity contribution >= 4 is 29.6 Å². The molecule has 0 unspecified atom stereocenters. The Bertz CT molecular complexity index is 610. The van der Waals surface area contributed by atoms with Gasteiger partial charge in [0, 0.05) is 6.42 Å². The first-order valence-electron chi connectivity index (χ1n) is 7.45. The summed E-state index contributed by atoms with van der Waals surface area (Å²) < 4.78 is 0. The zero-order valence-electron chi connectivity index (χ0n) is 12.7. The Labute approximate surface area is 135 Å². The van der Waals surface area contributed by atoms with E-state index in [1.54, 1.807) is 0 Å². The fraction of sp³-hybridized carbons (Fsp3) is 0.176. The van der Waals surface area contributed by atoms with Crippen molar-refractivity contribution in [2.75, 3.05) is 0 Å². The largest absolute Gasteiger partial charge is 0.480 e. The van der Waals surface area contributed by atoms with Crippen LogP contribution in [0.25, 0.3) is 0 Å². The summed E-state index contributed by atoms with van der Waals surface area (Å²) in [5.41, 5.74) is 7.06. The molecule has 2 aromatic rings. The zero-order valence-corrected chi connectivity index (χ0v) is 12.7. The second-order valence-corrected chi connectivity index (χ2v) is 5.32. The average Bonchev–Trinajstić information content (AvgIpc) is 2.56. The zero-order chi connectivity index (χ0) is 16.7. The fourth-order valence-corrected chi connectivity index (χ4v) is 2.44. The van der Waals surface area contributed by atoms with Crippen LogP contribution in [0.15, 0.2) is 60.7 Å². The standard InChI is InChI=1S/C17H19BN2O3/c19-16(21)12-11-15(17(22)23)20-18(13-7-3-1-4-8-13)14-9-5-2-6-10-14/h1-10,15,20H,11-12H2,(H2,19,21)(H,22,23)/t15-/m0/s1. The Kier molecular flexibility index (Phi) is 5.94. The van der Waals surface area contributed by atoms with Gasteiger partial charge in [0.15, 0.2) is 0 Å². The maximum absolute atomic E-state index is 11.5. The number of hydrogen-bond donors (Lipinski definition) is 3. The van der Waals surface area contributed by atoms with Gasteiger partial charge in [0.25, 0.3) is 6.85 Å². The minimum absolute atomic E-state index is 0.0280. The molecule has 0 saturated heterocycles. The van der Waals surface area contributed by atoms with Crippen molar-refractivity contribution in [3.8, 4) is 0 Å². The first kappa shape index (κ1) is 16.8. The Morgan fingerprint density at radius 3 is 1.87 bits per heavy atom. The Balaban J connectivity index is 2.26. The van der Waals surface area contributed by atoms with Crippen molar-refractivity contribution < 1.29 is 14.7 Å². The topological polar surface area (TPSA) is 92.4 Å². The highest BCUT2D eigenvalue weighted by Crippen LogP contribution is 2.00. The van der Waals surface area contributed by atoms with E-state index in [9.17, 15) is 14.7 Å². The highest BCUT2D eigenvalue weighted by atomic mass is 16.4. The van der Waals surface area contributed by atoms with Crippen LogP contribution in [0.3, 0.4) is 0 Å². The van der Waals surface area contributed by atoms with Gasteiger partial charge >= 0.3 is 5.97 Å². The van der Waals surface area contributed by atoms with Crippen LogP contribution in [0.5, 0.6) is 0 Å². The lowest BCUT2D eigenvalue weighted by Gasteiger charge is -2.21. The van der Waals surface area contributed by atoms with E-state index < -0.39 is 17.9 Å². The first-order valence-corrected chi connectivity index (χ1v) is 7.45. The van der Waals surface area contributed by atoms with Gasteiger partial charge in [-0.3, -0.25) is 9.59 Å². The summed E-state index contributed by atoms with van der Waals surface area (Å²) >= 11 is 0. The molecular weight excluding hydrogens is 291 g/mol. The van der Waals surface area contributed by atoms with Gasteiger partial charge in [-0.15, -0.1) is 0 Å². The normalized spacial score (nSPS) is 11.7. The number of hydrogen-bond acceptors (Lipinski definition) is 3. The number of rotatable bonds is 8. The summed E-state index contributed by atoms with van der Waals surface area (Å²) in [5, 5.41) is 12.5. The van der Waals surface area contributed by atoms with Crippen molar-refractivity contribution in [1.82, 2.24) is 5.23 Å². The molecule has 4 N–H and O–H groups in total. The van der Waals surface area contributed by atoms with Crippen LogP contribution < -0.4 is 21.9 Å². The molecule has 0 aliphatic carbocycles. The molecule has 0 saturated carbocycles. The van der Waals surface area contributed by atoms with Crippen molar-refractivity contribution in [2.45, 2.75) is 18.9 Å². The van der Waals surface area contributed by atoms with Crippen molar-refractivity contribution in [1.29, 1.82) is 0 Å². The van der Waals surface area contributed by atoms with Crippen LogP contribution in [0.4, 0.5) is 0 Å². The first-order chi connectivity index (χ1) is 11.1. The number of carbonyl (C=O) groups is 2. The number of aliphatic carboxylic acids is 1. The lowest BCUT2D eigenvalue weighted by atomic mass is 9.50. The number of nitrogens with one attached hydrogen (secondary N) is 1. The second kappa shape index (κ2) is 8.15. The lowest BCUT2D eigenvalue weighted by Crippen LogP contribution is -2.59. The summed E-state index contributed by atoms with van der Waals surface area (Å²) in [6.07, 6.45) is 0.182. The molecule has 5 nitrogen and oxygen atoms in total. The second-order valence-electron chi connectivity index (χ2n) is 5.32. The molecule has 0 heterocycles. The van der Waals surface area contributed by atoms with Gasteiger partial charge in [0.05, 0.1) is 6.04 Å². The molecule has 23 heavy (non-hydrogen) atoms. The third-order valence-corrected chi connectivity index (χ3v) is 3.61. The van der Waals surface area contributed by atoms with Crippen LogP contribution in [0, 0.1) is 0 Å². The Hall–Kier alpha value is -2.60. The molecule has 1 atom stereocenters.